The van der Waals surface area contributed by atoms with E-state index in [4.69, 9.17) is 17.3 Å². The Morgan fingerprint density at radius 2 is 2.00 bits per heavy atom. The summed E-state index contributed by atoms with van der Waals surface area (Å²) in [6.07, 6.45) is -4.50. The van der Waals surface area contributed by atoms with Gasteiger partial charge in [-0.05, 0) is 18.2 Å². The van der Waals surface area contributed by atoms with E-state index in [9.17, 15) is 22.8 Å². The van der Waals surface area contributed by atoms with E-state index < -0.39 is 31.2 Å². The number of alkyl halides is 3. The second-order valence-electron chi connectivity index (χ2n) is 3.72. The molecule has 110 valence electrons. The van der Waals surface area contributed by atoms with E-state index in [0.717, 1.165) is 0 Å². The first kappa shape index (κ1) is 16.3. The second kappa shape index (κ2) is 6.58. The van der Waals surface area contributed by atoms with Gasteiger partial charge in [0.05, 0.1) is 10.6 Å². The Balaban J connectivity index is 2.58. The molecule has 0 saturated carbocycles. The van der Waals surface area contributed by atoms with Gasteiger partial charge in [-0.15, -0.1) is 0 Å². The number of anilines is 1. The maximum atomic E-state index is 11.8. The fraction of sp³-hybridized carbons (Fsp3) is 0.273. The van der Waals surface area contributed by atoms with Crippen LogP contribution in [0.1, 0.15) is 10.4 Å². The second-order valence-corrected chi connectivity index (χ2v) is 4.12. The van der Waals surface area contributed by atoms with E-state index in [-0.39, 0.29) is 16.3 Å². The predicted molar refractivity (Wildman–Crippen MR) is 65.5 cm³/mol. The summed E-state index contributed by atoms with van der Waals surface area (Å²) in [6.45, 7) is -2.29. The molecule has 0 radical (unpaired) electrons. The first-order chi connectivity index (χ1) is 9.19. The third-order valence-corrected chi connectivity index (χ3v) is 2.34. The molecule has 0 fully saturated rings. The van der Waals surface area contributed by atoms with Gasteiger partial charge in [-0.2, -0.15) is 13.2 Å². The van der Waals surface area contributed by atoms with Crippen LogP contribution in [0.25, 0.3) is 0 Å². The van der Waals surface area contributed by atoms with Gasteiger partial charge in [0.2, 0.25) is 11.8 Å². The smallest absolute Gasteiger partial charge is 0.366 e. The highest BCUT2D eigenvalue weighted by atomic mass is 35.5. The number of carbonyl (C=O) groups is 2. The first-order valence-electron chi connectivity index (χ1n) is 5.23. The van der Waals surface area contributed by atoms with Crippen molar-refractivity contribution in [2.75, 3.05) is 18.5 Å². The van der Waals surface area contributed by atoms with Crippen LogP contribution in [0.4, 0.5) is 18.9 Å². The van der Waals surface area contributed by atoms with Crippen LogP contribution in [-0.2, 0) is 9.53 Å². The number of amides is 2. The zero-order chi connectivity index (χ0) is 15.3. The van der Waals surface area contributed by atoms with Crippen molar-refractivity contribution in [2.24, 2.45) is 5.73 Å². The highest BCUT2D eigenvalue weighted by Gasteiger charge is 2.27. The van der Waals surface area contributed by atoms with Crippen molar-refractivity contribution < 1.29 is 27.5 Å². The van der Waals surface area contributed by atoms with Crippen molar-refractivity contribution in [3.05, 3.63) is 28.8 Å². The Labute approximate surface area is 116 Å². The largest absolute Gasteiger partial charge is 0.411 e. The number of hydrogen-bond donors (Lipinski definition) is 2. The van der Waals surface area contributed by atoms with Crippen LogP contribution in [0.2, 0.25) is 5.02 Å². The highest BCUT2D eigenvalue weighted by Crippen LogP contribution is 2.20. The molecule has 1 aromatic rings. The van der Waals surface area contributed by atoms with Crippen LogP contribution in [0, 0.1) is 0 Å². The lowest BCUT2D eigenvalue weighted by molar-refractivity contribution is -0.174. The van der Waals surface area contributed by atoms with Crippen LogP contribution in [0.5, 0.6) is 0 Å². The lowest BCUT2D eigenvalue weighted by Crippen LogP contribution is -2.24. The monoisotopic (exact) mass is 310 g/mol. The third-order valence-electron chi connectivity index (χ3n) is 2.01. The number of rotatable bonds is 5. The minimum Gasteiger partial charge on any atom is -0.366 e. The number of carbonyl (C=O) groups excluding carboxylic acids is 2. The van der Waals surface area contributed by atoms with Crippen molar-refractivity contribution in [1.82, 2.24) is 0 Å². The Morgan fingerprint density at radius 3 is 2.55 bits per heavy atom. The molecule has 0 aromatic heterocycles. The fourth-order valence-electron chi connectivity index (χ4n) is 1.25. The fourth-order valence-corrected chi connectivity index (χ4v) is 1.46. The SMILES string of the molecule is NC(=O)c1cc(NC(=O)COCC(F)(F)F)ccc1Cl. The third kappa shape index (κ3) is 5.45. The highest BCUT2D eigenvalue weighted by molar-refractivity contribution is 6.33. The van der Waals surface area contributed by atoms with Gasteiger partial charge in [0.1, 0.15) is 13.2 Å². The molecule has 9 heteroatoms. The van der Waals surface area contributed by atoms with Gasteiger partial charge in [0.15, 0.2) is 0 Å². The minimum absolute atomic E-state index is 0.0133. The number of primary amides is 1. The molecule has 0 aliphatic rings. The summed E-state index contributed by atoms with van der Waals surface area (Å²) in [4.78, 5) is 22.3. The number of nitrogens with two attached hydrogens (primary N) is 1. The lowest BCUT2D eigenvalue weighted by atomic mass is 10.2. The van der Waals surface area contributed by atoms with Crippen LogP contribution in [0.15, 0.2) is 18.2 Å². The van der Waals surface area contributed by atoms with E-state index >= 15 is 0 Å². The van der Waals surface area contributed by atoms with E-state index in [1.807, 2.05) is 0 Å². The van der Waals surface area contributed by atoms with Crippen LogP contribution in [-0.4, -0.2) is 31.2 Å². The summed E-state index contributed by atoms with van der Waals surface area (Å²) in [5, 5.41) is 2.35. The van der Waals surface area contributed by atoms with Crippen molar-refractivity contribution in [3.8, 4) is 0 Å². The van der Waals surface area contributed by atoms with E-state index in [0.29, 0.717) is 0 Å². The Bertz CT molecular complexity index is 520. The maximum absolute atomic E-state index is 11.8. The van der Waals surface area contributed by atoms with Crippen molar-refractivity contribution in [2.45, 2.75) is 6.18 Å². The molecule has 5 nitrogen and oxygen atoms in total. The molecule has 0 unspecified atom stereocenters. The standard InChI is InChI=1S/C11H10ClF3N2O3/c12-8-2-1-6(3-7(8)10(16)19)17-9(18)4-20-5-11(13,14)15/h1-3H,4-5H2,(H2,16,19)(H,17,18). The van der Waals surface area contributed by atoms with Gasteiger partial charge in [0, 0.05) is 5.69 Å². The summed E-state index contributed by atoms with van der Waals surface area (Å²) in [6, 6.07) is 3.91. The van der Waals surface area contributed by atoms with Gasteiger partial charge in [-0.1, -0.05) is 11.6 Å². The first-order valence-corrected chi connectivity index (χ1v) is 5.60. The zero-order valence-electron chi connectivity index (χ0n) is 9.96. The molecule has 20 heavy (non-hydrogen) atoms. The molecule has 0 spiro atoms. The molecular weight excluding hydrogens is 301 g/mol. The normalized spacial score (nSPS) is 11.2. The average molecular weight is 311 g/mol. The minimum atomic E-state index is -4.50. The molecule has 2 amide bonds. The molecule has 0 bridgehead atoms. The molecule has 0 heterocycles. The van der Waals surface area contributed by atoms with Crippen molar-refractivity contribution >= 4 is 29.1 Å². The molecule has 0 aliphatic heterocycles. The van der Waals surface area contributed by atoms with Gasteiger partial charge >= 0.3 is 6.18 Å². The summed E-state index contributed by atoms with van der Waals surface area (Å²) in [5.74, 6) is -1.59. The van der Waals surface area contributed by atoms with E-state index in [2.05, 4.69) is 10.1 Å². The molecule has 3 N–H and O–H groups in total. The van der Waals surface area contributed by atoms with Gasteiger partial charge in [-0.3, -0.25) is 9.59 Å². The number of halogens is 4. The summed E-state index contributed by atoms with van der Waals surface area (Å²) >= 11 is 5.70. The molecule has 0 atom stereocenters. The number of nitrogens with one attached hydrogen (secondary N) is 1. The van der Waals surface area contributed by atoms with Crippen molar-refractivity contribution in [1.29, 1.82) is 0 Å². The molecular formula is C11H10ClF3N2O3. The summed E-state index contributed by atoms with van der Waals surface area (Å²) < 4.78 is 39.6. The molecule has 1 aromatic carbocycles. The van der Waals surface area contributed by atoms with Crippen LogP contribution in [0.3, 0.4) is 0 Å². The van der Waals surface area contributed by atoms with E-state index in [1.165, 1.54) is 18.2 Å². The van der Waals surface area contributed by atoms with Crippen LogP contribution >= 0.6 is 11.6 Å². The predicted octanol–water partition coefficient (Wildman–Crippen LogP) is 1.96. The van der Waals surface area contributed by atoms with Gasteiger partial charge < -0.3 is 15.8 Å². The number of benzene rings is 1. The number of ether oxygens (including phenoxy) is 1. The topological polar surface area (TPSA) is 81.4 Å². The molecule has 1 rings (SSSR count). The quantitative estimate of drug-likeness (QED) is 0.872. The molecule has 0 aliphatic carbocycles. The Morgan fingerprint density at radius 1 is 1.35 bits per heavy atom. The Hall–Kier alpha value is -1.80. The van der Waals surface area contributed by atoms with Crippen molar-refractivity contribution in [3.63, 3.8) is 0 Å². The van der Waals surface area contributed by atoms with E-state index in [1.54, 1.807) is 0 Å². The summed E-state index contributed by atoms with van der Waals surface area (Å²) in [5.41, 5.74) is 5.21. The lowest BCUT2D eigenvalue weighted by Gasteiger charge is -2.09. The number of hydrogen-bond acceptors (Lipinski definition) is 3. The summed E-state index contributed by atoms with van der Waals surface area (Å²) in [7, 11) is 0. The zero-order valence-corrected chi connectivity index (χ0v) is 10.7. The molecule has 0 saturated heterocycles. The average Bonchev–Trinajstić information content (AvgIpc) is 2.29. The van der Waals surface area contributed by atoms with Crippen LogP contribution < -0.4 is 11.1 Å². The van der Waals surface area contributed by atoms with Gasteiger partial charge in [0.25, 0.3) is 0 Å². The maximum Gasteiger partial charge on any atom is 0.411 e. The van der Waals surface area contributed by atoms with Gasteiger partial charge in [-0.25, -0.2) is 0 Å². The Kier molecular flexibility index (Phi) is 5.34.